The Morgan fingerprint density at radius 2 is 1.53 bits per heavy atom. The highest BCUT2D eigenvalue weighted by Gasteiger charge is 2.04. The maximum Gasteiger partial charge on any atom is 0.159 e. The molecule has 3 heteroatoms. The average Bonchev–Trinajstić information content (AvgIpc) is 2.32. The first kappa shape index (κ1) is 13.3. The van der Waals surface area contributed by atoms with Gasteiger partial charge in [-0.15, -0.1) is 0 Å². The molecule has 0 fully saturated rings. The van der Waals surface area contributed by atoms with Gasteiger partial charge in [0.05, 0.1) is 22.4 Å². The molecule has 0 saturated carbocycles. The van der Waals surface area contributed by atoms with Crippen molar-refractivity contribution in [3.63, 3.8) is 0 Å². The van der Waals surface area contributed by atoms with Crippen LogP contribution < -0.4 is 0 Å². The van der Waals surface area contributed by atoms with E-state index < -0.39 is 0 Å². The van der Waals surface area contributed by atoms with Gasteiger partial charge in [-0.1, -0.05) is 13.8 Å². The Morgan fingerprint density at radius 1 is 1.00 bits per heavy atom. The summed E-state index contributed by atoms with van der Waals surface area (Å²) in [5.41, 5.74) is 4.13. The van der Waals surface area contributed by atoms with E-state index >= 15 is 0 Å². The molecule has 0 unspecified atom stereocenters. The van der Waals surface area contributed by atoms with Gasteiger partial charge in [-0.3, -0.25) is 4.79 Å². The van der Waals surface area contributed by atoms with Gasteiger partial charge < -0.3 is 0 Å². The highest BCUT2D eigenvalue weighted by atomic mass is 16.1. The fourth-order valence-corrected chi connectivity index (χ4v) is 1.45. The first-order chi connectivity index (χ1) is 8.08. The van der Waals surface area contributed by atoms with Crippen LogP contribution >= 0.6 is 0 Å². The predicted octanol–water partition coefficient (Wildman–Crippen LogP) is 3.48. The quantitative estimate of drug-likeness (QED) is 0.704. The zero-order valence-corrected chi connectivity index (χ0v) is 11.0. The van der Waals surface area contributed by atoms with Crippen LogP contribution in [-0.4, -0.2) is 15.8 Å². The number of carbonyl (C=O) groups is 1. The van der Waals surface area contributed by atoms with Crippen molar-refractivity contribution in [1.82, 2.24) is 9.97 Å². The number of carbonyl (C=O) groups excluding carboxylic acids is 1. The number of hydrogen-bond donors (Lipinski definition) is 0. The smallest absolute Gasteiger partial charge is 0.159 e. The number of rotatable bonds is 1. The van der Waals surface area contributed by atoms with Crippen molar-refractivity contribution < 1.29 is 4.79 Å². The minimum Gasteiger partial charge on any atom is -0.295 e. The number of fused-ring (bicyclic) bond motifs is 1. The third-order valence-electron chi connectivity index (χ3n) is 2.48. The first-order valence-corrected chi connectivity index (χ1v) is 5.84. The van der Waals surface area contributed by atoms with Gasteiger partial charge in [0.25, 0.3) is 0 Å². The standard InChI is InChI=1S/C12H12N2O.C2H6/c1-7-8(2)14-12-6-10(9(3)15)4-5-11(12)13-7;1-2/h4-6H,1-3H3;1-2H3. The summed E-state index contributed by atoms with van der Waals surface area (Å²) in [6.07, 6.45) is 0. The zero-order valence-electron chi connectivity index (χ0n) is 11.0. The minimum atomic E-state index is 0.0527. The van der Waals surface area contributed by atoms with Gasteiger partial charge in [-0.2, -0.15) is 0 Å². The summed E-state index contributed by atoms with van der Waals surface area (Å²) in [4.78, 5) is 20.0. The Morgan fingerprint density at radius 3 is 2.06 bits per heavy atom. The summed E-state index contributed by atoms with van der Waals surface area (Å²) in [6.45, 7) is 9.40. The van der Waals surface area contributed by atoms with Crippen molar-refractivity contribution in [2.45, 2.75) is 34.6 Å². The highest BCUT2D eigenvalue weighted by Crippen LogP contribution is 2.14. The lowest BCUT2D eigenvalue weighted by Crippen LogP contribution is -1.96. The van der Waals surface area contributed by atoms with Crippen LogP contribution in [0.2, 0.25) is 0 Å². The van der Waals surface area contributed by atoms with Gasteiger partial charge in [-0.25, -0.2) is 9.97 Å². The van der Waals surface area contributed by atoms with Crippen LogP contribution in [0.5, 0.6) is 0 Å². The Bertz CT molecular complexity index is 547. The van der Waals surface area contributed by atoms with E-state index in [4.69, 9.17) is 0 Å². The van der Waals surface area contributed by atoms with Crippen molar-refractivity contribution in [2.24, 2.45) is 0 Å². The lowest BCUT2D eigenvalue weighted by Gasteiger charge is -2.03. The molecular weight excluding hydrogens is 212 g/mol. The molecular formula is C14H18N2O. The van der Waals surface area contributed by atoms with Crippen LogP contribution in [-0.2, 0) is 0 Å². The van der Waals surface area contributed by atoms with Gasteiger partial charge in [0.1, 0.15) is 0 Å². The fraction of sp³-hybridized carbons (Fsp3) is 0.357. The van der Waals surface area contributed by atoms with Gasteiger partial charge in [0.2, 0.25) is 0 Å². The largest absolute Gasteiger partial charge is 0.295 e. The van der Waals surface area contributed by atoms with E-state index in [1.54, 1.807) is 19.1 Å². The molecule has 0 aliphatic rings. The minimum absolute atomic E-state index is 0.0527. The summed E-state index contributed by atoms with van der Waals surface area (Å²) in [5, 5.41) is 0. The summed E-state index contributed by atoms with van der Waals surface area (Å²) in [6, 6.07) is 5.41. The van der Waals surface area contributed by atoms with Crippen LogP contribution in [0, 0.1) is 13.8 Å². The van der Waals surface area contributed by atoms with Crippen LogP contribution in [0.3, 0.4) is 0 Å². The third-order valence-corrected chi connectivity index (χ3v) is 2.48. The van der Waals surface area contributed by atoms with E-state index in [1.807, 2.05) is 33.8 Å². The molecule has 0 N–H and O–H groups in total. The molecule has 2 aromatic rings. The molecule has 1 aromatic heterocycles. The molecule has 0 spiro atoms. The van der Waals surface area contributed by atoms with Crippen LogP contribution in [0.25, 0.3) is 11.0 Å². The van der Waals surface area contributed by atoms with Gasteiger partial charge in [0.15, 0.2) is 5.78 Å². The molecule has 2 rings (SSSR count). The second-order valence-electron chi connectivity index (χ2n) is 3.65. The number of aryl methyl sites for hydroxylation is 2. The molecule has 0 bridgehead atoms. The second kappa shape index (κ2) is 5.53. The fourth-order valence-electron chi connectivity index (χ4n) is 1.45. The monoisotopic (exact) mass is 230 g/mol. The molecule has 0 amide bonds. The average molecular weight is 230 g/mol. The zero-order chi connectivity index (χ0) is 13.0. The van der Waals surface area contributed by atoms with Gasteiger partial charge in [0, 0.05) is 5.56 Å². The van der Waals surface area contributed by atoms with Crippen LogP contribution in [0.4, 0.5) is 0 Å². The van der Waals surface area contributed by atoms with Crippen molar-refractivity contribution in [2.75, 3.05) is 0 Å². The van der Waals surface area contributed by atoms with Crippen molar-refractivity contribution in [3.05, 3.63) is 35.2 Å². The molecule has 17 heavy (non-hydrogen) atoms. The van der Waals surface area contributed by atoms with E-state index in [2.05, 4.69) is 9.97 Å². The van der Waals surface area contributed by atoms with Crippen molar-refractivity contribution in [1.29, 1.82) is 0 Å². The number of ketones is 1. The third kappa shape index (κ3) is 2.87. The summed E-state index contributed by atoms with van der Waals surface area (Å²) >= 11 is 0. The van der Waals surface area contributed by atoms with E-state index in [0.717, 1.165) is 22.4 Å². The Hall–Kier alpha value is -1.77. The summed E-state index contributed by atoms with van der Waals surface area (Å²) < 4.78 is 0. The maximum absolute atomic E-state index is 11.2. The molecule has 0 radical (unpaired) electrons. The predicted molar refractivity (Wildman–Crippen MR) is 70.4 cm³/mol. The molecule has 0 atom stereocenters. The molecule has 1 aromatic carbocycles. The van der Waals surface area contributed by atoms with Gasteiger partial charge >= 0.3 is 0 Å². The maximum atomic E-state index is 11.2. The van der Waals surface area contributed by atoms with Crippen molar-refractivity contribution in [3.8, 4) is 0 Å². The molecule has 0 aliphatic carbocycles. The Kier molecular flexibility index (Phi) is 4.32. The topological polar surface area (TPSA) is 42.9 Å². The van der Waals surface area contributed by atoms with Crippen molar-refractivity contribution >= 4 is 16.8 Å². The van der Waals surface area contributed by atoms with Gasteiger partial charge in [-0.05, 0) is 39.0 Å². The first-order valence-electron chi connectivity index (χ1n) is 5.84. The number of Topliss-reactive ketones (excluding diaryl/α,β-unsaturated/α-hetero) is 1. The molecule has 0 aliphatic heterocycles. The van der Waals surface area contributed by atoms with E-state index in [0.29, 0.717) is 5.56 Å². The Labute approximate surface area is 102 Å². The molecule has 0 saturated heterocycles. The van der Waals surface area contributed by atoms with Crippen LogP contribution in [0.15, 0.2) is 18.2 Å². The second-order valence-corrected chi connectivity index (χ2v) is 3.65. The molecule has 90 valence electrons. The summed E-state index contributed by atoms with van der Waals surface area (Å²) in [7, 11) is 0. The van der Waals surface area contributed by atoms with Crippen LogP contribution in [0.1, 0.15) is 42.5 Å². The molecule has 1 heterocycles. The van der Waals surface area contributed by atoms with E-state index in [-0.39, 0.29) is 5.78 Å². The number of hydrogen-bond acceptors (Lipinski definition) is 3. The lowest BCUT2D eigenvalue weighted by molar-refractivity contribution is 0.101. The number of benzene rings is 1. The highest BCUT2D eigenvalue weighted by molar-refractivity contribution is 5.97. The lowest BCUT2D eigenvalue weighted by atomic mass is 10.1. The normalized spacial score (nSPS) is 9.71. The number of aromatic nitrogens is 2. The summed E-state index contributed by atoms with van der Waals surface area (Å²) in [5.74, 6) is 0.0527. The Balaban J connectivity index is 0.000000686. The molecule has 3 nitrogen and oxygen atoms in total. The van der Waals surface area contributed by atoms with E-state index in [1.165, 1.54) is 0 Å². The van der Waals surface area contributed by atoms with E-state index in [9.17, 15) is 4.79 Å². The SMILES string of the molecule is CC.CC(=O)c1ccc2nc(C)c(C)nc2c1. The number of nitrogens with zero attached hydrogens (tertiary/aromatic N) is 2.